The molecule has 21 heavy (non-hydrogen) atoms. The summed E-state index contributed by atoms with van der Waals surface area (Å²) in [4.78, 5) is 14.7. The van der Waals surface area contributed by atoms with Crippen molar-refractivity contribution in [3.05, 3.63) is 65.2 Å². The average Bonchev–Trinajstić information content (AvgIpc) is 3.00. The fourth-order valence-corrected chi connectivity index (χ4v) is 3.03. The van der Waals surface area contributed by atoms with Crippen LogP contribution in [0.5, 0.6) is 0 Å². The van der Waals surface area contributed by atoms with Crippen molar-refractivity contribution in [3.8, 4) is 0 Å². The number of carbonyl (C=O) groups excluding carboxylic acids is 1. The second-order valence-corrected chi connectivity index (χ2v) is 5.61. The fraction of sp³-hybridized carbons (Fsp3) is 0.316. The average molecular weight is 279 g/mol. The smallest absolute Gasteiger partial charge is 0.182 e. The molecule has 3 rings (SSSR count). The molecule has 108 valence electrons. The number of hydrogen-bond donors (Lipinski definition) is 0. The number of likely N-dealkylation sites (N-methyl/N-ethyl adjacent to an activating group) is 1. The summed E-state index contributed by atoms with van der Waals surface area (Å²) < 4.78 is 0. The number of rotatable bonds is 5. The first-order chi connectivity index (χ1) is 10.3. The van der Waals surface area contributed by atoms with Crippen LogP contribution in [-0.4, -0.2) is 18.9 Å². The molecule has 0 saturated carbocycles. The molecule has 1 aliphatic carbocycles. The minimum Gasteiger partial charge on any atom is -0.364 e. The van der Waals surface area contributed by atoms with Gasteiger partial charge in [0.2, 0.25) is 0 Å². The van der Waals surface area contributed by atoms with Gasteiger partial charge in [0.15, 0.2) is 5.78 Å². The quantitative estimate of drug-likeness (QED) is 0.774. The molecular formula is C19H21NO. The molecule has 1 aliphatic rings. The van der Waals surface area contributed by atoms with Gasteiger partial charge < -0.3 is 4.90 Å². The summed E-state index contributed by atoms with van der Waals surface area (Å²) in [6, 6.07) is 16.4. The number of Topliss-reactive ketones (excluding diaryl/α,β-unsaturated/α-hetero) is 1. The van der Waals surface area contributed by atoms with Gasteiger partial charge >= 0.3 is 0 Å². The second kappa shape index (κ2) is 6.13. The Morgan fingerprint density at radius 2 is 1.81 bits per heavy atom. The van der Waals surface area contributed by atoms with Gasteiger partial charge in [0.1, 0.15) is 0 Å². The summed E-state index contributed by atoms with van der Waals surface area (Å²) >= 11 is 0. The van der Waals surface area contributed by atoms with Crippen molar-refractivity contribution in [3.63, 3.8) is 0 Å². The Hall–Kier alpha value is -2.09. The predicted octanol–water partition coefficient (Wildman–Crippen LogP) is 3.88. The second-order valence-electron chi connectivity index (χ2n) is 5.61. The number of nitrogens with zero attached hydrogens (tertiary/aromatic N) is 1. The molecule has 0 saturated heterocycles. The zero-order chi connectivity index (χ0) is 14.7. The zero-order valence-corrected chi connectivity index (χ0v) is 12.5. The van der Waals surface area contributed by atoms with E-state index in [-0.39, 0.29) is 5.78 Å². The largest absolute Gasteiger partial charge is 0.364 e. The number of benzene rings is 2. The van der Waals surface area contributed by atoms with Crippen molar-refractivity contribution in [2.45, 2.75) is 26.2 Å². The Labute approximate surface area is 126 Å². The zero-order valence-electron chi connectivity index (χ0n) is 12.5. The van der Waals surface area contributed by atoms with E-state index >= 15 is 0 Å². The molecule has 2 aromatic rings. The normalized spacial score (nSPS) is 13.0. The molecule has 0 atom stereocenters. The highest BCUT2D eigenvalue weighted by Gasteiger charge is 2.16. The van der Waals surface area contributed by atoms with Crippen LogP contribution in [0.2, 0.25) is 0 Å². The van der Waals surface area contributed by atoms with E-state index in [9.17, 15) is 4.79 Å². The number of anilines is 1. The molecule has 0 heterocycles. The lowest BCUT2D eigenvalue weighted by molar-refractivity contribution is 0.0999. The van der Waals surface area contributed by atoms with E-state index in [2.05, 4.69) is 36.1 Å². The summed E-state index contributed by atoms with van der Waals surface area (Å²) in [7, 11) is 0. The number of carbonyl (C=O) groups is 1. The standard InChI is InChI=1S/C19H21NO/c1-2-20(18-9-4-3-5-10-18)14-19(21)17-12-11-15-7-6-8-16(15)13-17/h3-5,9-13H,2,6-8,14H2,1H3. The van der Waals surface area contributed by atoms with Crippen LogP contribution < -0.4 is 4.90 Å². The van der Waals surface area contributed by atoms with Gasteiger partial charge in [-0.1, -0.05) is 30.3 Å². The Morgan fingerprint density at radius 1 is 1.05 bits per heavy atom. The van der Waals surface area contributed by atoms with Gasteiger partial charge in [0.05, 0.1) is 6.54 Å². The van der Waals surface area contributed by atoms with Crippen LogP contribution in [0.3, 0.4) is 0 Å². The topological polar surface area (TPSA) is 20.3 Å². The van der Waals surface area contributed by atoms with Crippen LogP contribution in [0.15, 0.2) is 48.5 Å². The maximum atomic E-state index is 12.5. The third-order valence-corrected chi connectivity index (χ3v) is 4.26. The molecule has 0 aliphatic heterocycles. The number of fused-ring (bicyclic) bond motifs is 1. The molecule has 0 amide bonds. The van der Waals surface area contributed by atoms with E-state index in [1.165, 1.54) is 17.5 Å². The minimum absolute atomic E-state index is 0.204. The van der Waals surface area contributed by atoms with Crippen molar-refractivity contribution in [1.82, 2.24) is 0 Å². The third kappa shape index (κ3) is 2.99. The maximum absolute atomic E-state index is 12.5. The lowest BCUT2D eigenvalue weighted by Gasteiger charge is -2.22. The first-order valence-corrected chi connectivity index (χ1v) is 7.73. The molecule has 2 nitrogen and oxygen atoms in total. The first kappa shape index (κ1) is 13.9. The van der Waals surface area contributed by atoms with Crippen molar-refractivity contribution < 1.29 is 4.79 Å². The van der Waals surface area contributed by atoms with Crippen LogP contribution in [-0.2, 0) is 12.8 Å². The Kier molecular flexibility index (Phi) is 4.05. The van der Waals surface area contributed by atoms with Crippen molar-refractivity contribution in [2.75, 3.05) is 18.0 Å². The lowest BCUT2D eigenvalue weighted by atomic mass is 10.0. The van der Waals surface area contributed by atoms with Gasteiger partial charge in [0, 0.05) is 17.8 Å². The summed E-state index contributed by atoms with van der Waals surface area (Å²) in [6.07, 6.45) is 3.50. The molecule has 0 unspecified atom stereocenters. The van der Waals surface area contributed by atoms with Crippen molar-refractivity contribution in [2.24, 2.45) is 0 Å². The van der Waals surface area contributed by atoms with E-state index in [0.29, 0.717) is 6.54 Å². The molecular weight excluding hydrogens is 258 g/mol. The monoisotopic (exact) mass is 279 g/mol. The van der Waals surface area contributed by atoms with Crippen LogP contribution in [0.25, 0.3) is 0 Å². The van der Waals surface area contributed by atoms with E-state index < -0.39 is 0 Å². The van der Waals surface area contributed by atoms with Gasteiger partial charge in [-0.25, -0.2) is 0 Å². The van der Waals surface area contributed by atoms with Gasteiger partial charge in [-0.3, -0.25) is 4.79 Å². The van der Waals surface area contributed by atoms with Gasteiger partial charge in [-0.15, -0.1) is 0 Å². The summed E-state index contributed by atoms with van der Waals surface area (Å²) in [5, 5.41) is 0. The highest BCUT2D eigenvalue weighted by Crippen LogP contribution is 2.23. The van der Waals surface area contributed by atoms with Crippen LogP contribution in [0, 0.1) is 0 Å². The highest BCUT2D eigenvalue weighted by molar-refractivity contribution is 5.99. The van der Waals surface area contributed by atoms with Crippen LogP contribution >= 0.6 is 0 Å². The van der Waals surface area contributed by atoms with E-state index in [4.69, 9.17) is 0 Å². The number of aryl methyl sites for hydroxylation is 2. The van der Waals surface area contributed by atoms with E-state index in [1.807, 2.05) is 24.3 Å². The Morgan fingerprint density at radius 3 is 2.57 bits per heavy atom. The molecule has 2 aromatic carbocycles. The SMILES string of the molecule is CCN(CC(=O)c1ccc2c(c1)CCC2)c1ccccc1. The van der Waals surface area contributed by atoms with Gasteiger partial charge in [0.25, 0.3) is 0 Å². The maximum Gasteiger partial charge on any atom is 0.182 e. The van der Waals surface area contributed by atoms with Gasteiger partial charge in [-0.2, -0.15) is 0 Å². The Balaban J connectivity index is 1.76. The number of para-hydroxylation sites is 1. The number of ketones is 1. The molecule has 0 N–H and O–H groups in total. The molecule has 0 aromatic heterocycles. The van der Waals surface area contributed by atoms with E-state index in [1.54, 1.807) is 0 Å². The predicted molar refractivity (Wildman–Crippen MR) is 87.1 cm³/mol. The summed E-state index contributed by atoms with van der Waals surface area (Å²) in [6.45, 7) is 3.36. The summed E-state index contributed by atoms with van der Waals surface area (Å²) in [5.74, 6) is 0.204. The molecule has 2 heteroatoms. The fourth-order valence-electron chi connectivity index (χ4n) is 3.03. The van der Waals surface area contributed by atoms with E-state index in [0.717, 1.165) is 30.6 Å². The molecule has 0 radical (unpaired) electrons. The first-order valence-electron chi connectivity index (χ1n) is 7.73. The Bertz CT molecular complexity index is 633. The molecule has 0 fully saturated rings. The third-order valence-electron chi connectivity index (χ3n) is 4.26. The summed E-state index contributed by atoms with van der Waals surface area (Å²) in [5.41, 5.74) is 4.74. The van der Waals surface area contributed by atoms with Gasteiger partial charge in [-0.05, 0) is 55.5 Å². The molecule has 0 spiro atoms. The van der Waals surface area contributed by atoms with Crippen LogP contribution in [0.1, 0.15) is 34.8 Å². The number of hydrogen-bond acceptors (Lipinski definition) is 2. The minimum atomic E-state index is 0.204. The lowest BCUT2D eigenvalue weighted by Crippen LogP contribution is -2.29. The van der Waals surface area contributed by atoms with Crippen molar-refractivity contribution >= 4 is 11.5 Å². The van der Waals surface area contributed by atoms with Crippen LogP contribution in [0.4, 0.5) is 5.69 Å². The van der Waals surface area contributed by atoms with Crippen molar-refractivity contribution in [1.29, 1.82) is 0 Å². The highest BCUT2D eigenvalue weighted by atomic mass is 16.1. The molecule has 0 bridgehead atoms.